The highest BCUT2D eigenvalue weighted by molar-refractivity contribution is 6.05. The quantitative estimate of drug-likeness (QED) is 0.623. The van der Waals surface area contributed by atoms with Crippen molar-refractivity contribution in [1.82, 2.24) is 14.9 Å². The van der Waals surface area contributed by atoms with Crippen LogP contribution in [-0.4, -0.2) is 27.3 Å². The third kappa shape index (κ3) is 3.19. The van der Waals surface area contributed by atoms with E-state index in [0.717, 1.165) is 22.9 Å². The molecule has 1 saturated carbocycles. The summed E-state index contributed by atoms with van der Waals surface area (Å²) in [6.07, 6.45) is 12.5. The van der Waals surface area contributed by atoms with Crippen molar-refractivity contribution in [1.29, 1.82) is 0 Å². The lowest BCUT2D eigenvalue weighted by atomic mass is 9.92. The van der Waals surface area contributed by atoms with Crippen molar-refractivity contribution in [3.05, 3.63) is 84.5 Å². The fourth-order valence-electron chi connectivity index (χ4n) is 4.76. The van der Waals surface area contributed by atoms with Crippen molar-refractivity contribution in [2.45, 2.75) is 19.4 Å². The van der Waals surface area contributed by atoms with Crippen molar-refractivity contribution in [3.63, 3.8) is 0 Å². The highest BCUT2D eigenvalue weighted by Gasteiger charge is 2.37. The molecule has 2 aromatic heterocycles. The first-order valence-electron chi connectivity index (χ1n) is 9.98. The fourth-order valence-corrected chi connectivity index (χ4v) is 4.76. The van der Waals surface area contributed by atoms with Gasteiger partial charge in [0.1, 0.15) is 5.69 Å². The maximum absolute atomic E-state index is 13.6. The predicted octanol–water partition coefficient (Wildman–Crippen LogP) is 4.48. The Morgan fingerprint density at radius 1 is 1.04 bits per heavy atom. The van der Waals surface area contributed by atoms with Gasteiger partial charge in [0.2, 0.25) is 0 Å². The van der Waals surface area contributed by atoms with Gasteiger partial charge >= 0.3 is 0 Å². The third-order valence-electron chi connectivity index (χ3n) is 6.13. The van der Waals surface area contributed by atoms with Crippen LogP contribution in [0.5, 0.6) is 0 Å². The minimum absolute atomic E-state index is 0.00686. The van der Waals surface area contributed by atoms with Crippen LogP contribution in [0.15, 0.2) is 73.2 Å². The number of pyridine rings is 2. The minimum Gasteiger partial charge on any atom is -0.333 e. The molecule has 1 aromatic carbocycles. The minimum atomic E-state index is 0.00686. The van der Waals surface area contributed by atoms with Crippen LogP contribution < -0.4 is 0 Å². The van der Waals surface area contributed by atoms with Crippen LogP contribution in [0, 0.1) is 17.8 Å². The Morgan fingerprint density at radius 3 is 2.75 bits per heavy atom. The van der Waals surface area contributed by atoms with E-state index in [9.17, 15) is 4.79 Å². The molecule has 4 nitrogen and oxygen atoms in total. The van der Waals surface area contributed by atoms with Gasteiger partial charge in [-0.25, -0.2) is 0 Å². The number of carbonyl (C=O) groups excluding carboxylic acids is 1. The summed E-state index contributed by atoms with van der Waals surface area (Å²) in [5, 5.41) is 1.96. The average Bonchev–Trinajstić information content (AvgIpc) is 3.36. The molecule has 0 saturated heterocycles. The zero-order valence-electron chi connectivity index (χ0n) is 15.7. The van der Waals surface area contributed by atoms with Gasteiger partial charge in [0.15, 0.2) is 0 Å². The molecule has 4 heteroatoms. The summed E-state index contributed by atoms with van der Waals surface area (Å²) >= 11 is 0. The lowest BCUT2D eigenvalue weighted by Crippen LogP contribution is -2.36. The number of hydrogen-bond donors (Lipinski definition) is 0. The van der Waals surface area contributed by atoms with Crippen LogP contribution in [0.25, 0.3) is 10.8 Å². The van der Waals surface area contributed by atoms with Gasteiger partial charge in [0, 0.05) is 37.1 Å². The molecule has 2 heterocycles. The highest BCUT2D eigenvalue weighted by atomic mass is 16.2. The van der Waals surface area contributed by atoms with E-state index in [-0.39, 0.29) is 5.91 Å². The van der Waals surface area contributed by atoms with Crippen molar-refractivity contribution in [3.8, 4) is 0 Å². The van der Waals surface area contributed by atoms with Crippen LogP contribution in [0.2, 0.25) is 0 Å². The van der Waals surface area contributed by atoms with Crippen LogP contribution >= 0.6 is 0 Å². The van der Waals surface area contributed by atoms with Crippen LogP contribution in [0.4, 0.5) is 0 Å². The highest BCUT2D eigenvalue weighted by Crippen LogP contribution is 2.43. The maximum atomic E-state index is 13.6. The summed E-state index contributed by atoms with van der Waals surface area (Å²) in [7, 11) is 0. The molecule has 0 aliphatic heterocycles. The summed E-state index contributed by atoms with van der Waals surface area (Å²) in [5.41, 5.74) is 1.59. The summed E-state index contributed by atoms with van der Waals surface area (Å²) in [6.45, 7) is 1.33. The van der Waals surface area contributed by atoms with Gasteiger partial charge in [-0.2, -0.15) is 0 Å². The number of hydrogen-bond acceptors (Lipinski definition) is 3. The molecule has 0 unspecified atom stereocenters. The lowest BCUT2D eigenvalue weighted by Gasteiger charge is -2.29. The molecule has 0 N–H and O–H groups in total. The van der Waals surface area contributed by atoms with Crippen LogP contribution in [0.1, 0.15) is 28.9 Å². The molecule has 140 valence electrons. The number of carbonyl (C=O) groups is 1. The molecular weight excluding hydrogens is 346 g/mol. The number of amides is 1. The second-order valence-electron chi connectivity index (χ2n) is 7.97. The topological polar surface area (TPSA) is 46.1 Å². The number of aromatic nitrogens is 2. The number of nitrogens with zero attached hydrogens (tertiary/aromatic N) is 3. The average molecular weight is 369 g/mol. The maximum Gasteiger partial charge on any atom is 0.273 e. The molecule has 2 bridgehead atoms. The first-order valence-corrected chi connectivity index (χ1v) is 9.98. The van der Waals surface area contributed by atoms with Crippen molar-refractivity contribution in [2.75, 3.05) is 6.54 Å². The summed E-state index contributed by atoms with van der Waals surface area (Å²) in [5.74, 6) is 1.84. The Hall–Kier alpha value is -3.01. The second kappa shape index (κ2) is 7.19. The first kappa shape index (κ1) is 17.1. The van der Waals surface area contributed by atoms with E-state index in [1.165, 1.54) is 12.8 Å². The van der Waals surface area contributed by atoms with Gasteiger partial charge in [-0.3, -0.25) is 14.8 Å². The molecule has 0 spiro atoms. The van der Waals surface area contributed by atoms with E-state index in [4.69, 9.17) is 0 Å². The zero-order valence-corrected chi connectivity index (χ0v) is 15.7. The SMILES string of the molecule is O=C(c1nccc2ccccc12)N(Cc1cccnc1)C[C@@H]1C[C@H]2C=C[C@H]1C2. The Balaban J connectivity index is 1.47. The van der Waals surface area contributed by atoms with Crippen molar-refractivity contribution >= 4 is 16.7 Å². The lowest BCUT2D eigenvalue weighted by molar-refractivity contribution is 0.0701. The Morgan fingerprint density at radius 2 is 1.96 bits per heavy atom. The molecular formula is C24H23N3O. The van der Waals surface area contributed by atoms with Crippen molar-refractivity contribution < 1.29 is 4.79 Å². The number of allylic oxidation sites excluding steroid dienone is 2. The first-order chi connectivity index (χ1) is 13.8. The molecule has 5 rings (SSSR count). The molecule has 2 aliphatic rings. The predicted molar refractivity (Wildman–Crippen MR) is 110 cm³/mol. The smallest absolute Gasteiger partial charge is 0.273 e. The summed E-state index contributed by atoms with van der Waals surface area (Å²) < 4.78 is 0. The molecule has 3 atom stereocenters. The van der Waals surface area contributed by atoms with Gasteiger partial charge in [-0.15, -0.1) is 0 Å². The van der Waals surface area contributed by atoms with Gasteiger partial charge in [0.05, 0.1) is 0 Å². The summed E-state index contributed by atoms with van der Waals surface area (Å²) in [6, 6.07) is 13.9. The van der Waals surface area contributed by atoms with E-state index < -0.39 is 0 Å². The normalized spacial score (nSPS) is 22.6. The number of fused-ring (bicyclic) bond motifs is 3. The largest absolute Gasteiger partial charge is 0.333 e. The summed E-state index contributed by atoms with van der Waals surface area (Å²) in [4.78, 5) is 24.3. The van der Waals surface area contributed by atoms with Crippen LogP contribution in [-0.2, 0) is 6.54 Å². The Kier molecular flexibility index (Phi) is 4.40. The fraction of sp³-hybridized carbons (Fsp3) is 0.292. The van der Waals surface area contributed by atoms with Gasteiger partial charge in [-0.05, 0) is 53.7 Å². The molecule has 28 heavy (non-hydrogen) atoms. The monoisotopic (exact) mass is 369 g/mol. The van der Waals surface area contributed by atoms with Gasteiger partial charge in [0.25, 0.3) is 5.91 Å². The van der Waals surface area contributed by atoms with E-state index in [2.05, 4.69) is 22.1 Å². The van der Waals surface area contributed by atoms with E-state index in [1.807, 2.05) is 53.6 Å². The number of benzene rings is 1. The number of rotatable bonds is 5. The van der Waals surface area contributed by atoms with E-state index in [0.29, 0.717) is 30.0 Å². The van der Waals surface area contributed by atoms with E-state index in [1.54, 1.807) is 12.4 Å². The molecule has 0 radical (unpaired) electrons. The molecule has 2 aliphatic carbocycles. The standard InChI is InChI=1S/C24H23N3O/c28-24(23-22-6-2-1-5-19(22)9-11-26-23)27(15-18-4-3-10-25-14-18)16-21-13-17-7-8-20(21)12-17/h1-11,14,17,20-21H,12-13,15-16H2/t17-,20-,21-/m0/s1. The third-order valence-corrected chi connectivity index (χ3v) is 6.13. The zero-order chi connectivity index (χ0) is 18.9. The Bertz CT molecular complexity index is 1020. The molecule has 1 fully saturated rings. The van der Waals surface area contributed by atoms with Gasteiger partial charge in [-0.1, -0.05) is 42.5 Å². The van der Waals surface area contributed by atoms with E-state index >= 15 is 0 Å². The van der Waals surface area contributed by atoms with Crippen molar-refractivity contribution in [2.24, 2.45) is 17.8 Å². The Labute approximate surface area is 164 Å². The van der Waals surface area contributed by atoms with Gasteiger partial charge < -0.3 is 4.90 Å². The molecule has 1 amide bonds. The van der Waals surface area contributed by atoms with Crippen LogP contribution in [0.3, 0.4) is 0 Å². The molecule has 3 aromatic rings. The second-order valence-corrected chi connectivity index (χ2v) is 7.97.